The molecule has 0 bridgehead atoms. The molecule has 5 heteroatoms. The first-order valence-corrected chi connectivity index (χ1v) is 6.65. The zero-order chi connectivity index (χ0) is 13.0. The number of ether oxygens (including phenoxy) is 1. The summed E-state index contributed by atoms with van der Waals surface area (Å²) in [7, 11) is 0. The second-order valence-electron chi connectivity index (χ2n) is 4.48. The van der Waals surface area contributed by atoms with Gasteiger partial charge in [-0.2, -0.15) is 5.26 Å². The highest BCUT2D eigenvalue weighted by Crippen LogP contribution is 2.29. The summed E-state index contributed by atoms with van der Waals surface area (Å²) in [6.07, 6.45) is 1.47. The molecule has 0 amide bonds. The molecule has 4 nitrogen and oxygen atoms in total. The van der Waals surface area contributed by atoms with Gasteiger partial charge in [0, 0.05) is 17.7 Å². The van der Waals surface area contributed by atoms with Gasteiger partial charge in [-0.25, -0.2) is 0 Å². The minimum atomic E-state index is -0.384. The summed E-state index contributed by atoms with van der Waals surface area (Å²) in [5.41, 5.74) is 0.949. The summed E-state index contributed by atoms with van der Waals surface area (Å²) in [5, 5.41) is 22.0. The smallest absolute Gasteiger partial charge is 0.101 e. The van der Waals surface area contributed by atoms with Crippen molar-refractivity contribution in [2.75, 3.05) is 25.1 Å². The Hall–Kier alpha value is -1.09. The van der Waals surface area contributed by atoms with Crippen LogP contribution in [0.4, 0.5) is 5.69 Å². The molecule has 0 saturated carbocycles. The van der Waals surface area contributed by atoms with E-state index in [0.717, 1.165) is 23.0 Å². The van der Waals surface area contributed by atoms with Crippen LogP contribution in [0.15, 0.2) is 22.7 Å². The lowest BCUT2D eigenvalue weighted by Crippen LogP contribution is -2.47. The number of rotatable bonds is 3. The van der Waals surface area contributed by atoms with E-state index in [2.05, 4.69) is 27.3 Å². The zero-order valence-corrected chi connectivity index (χ0v) is 11.5. The Kier molecular flexibility index (Phi) is 4.23. The largest absolute Gasteiger partial charge is 0.394 e. The average molecular weight is 311 g/mol. The molecule has 1 aromatic carbocycles. The molecular formula is C13H15BrN2O2. The van der Waals surface area contributed by atoms with E-state index in [9.17, 15) is 5.11 Å². The number of nitriles is 1. The molecule has 0 aromatic heterocycles. The summed E-state index contributed by atoms with van der Waals surface area (Å²) < 4.78 is 6.23. The van der Waals surface area contributed by atoms with Crippen molar-refractivity contribution in [1.82, 2.24) is 0 Å². The van der Waals surface area contributed by atoms with Crippen molar-refractivity contribution >= 4 is 21.6 Å². The molecule has 0 radical (unpaired) electrons. The fraction of sp³-hybridized carbons (Fsp3) is 0.462. The van der Waals surface area contributed by atoms with Crippen LogP contribution >= 0.6 is 15.9 Å². The molecule has 1 aliphatic rings. The Labute approximate surface area is 115 Å². The van der Waals surface area contributed by atoms with E-state index in [0.29, 0.717) is 18.8 Å². The van der Waals surface area contributed by atoms with Crippen LogP contribution in [0.1, 0.15) is 18.4 Å². The van der Waals surface area contributed by atoms with Crippen molar-refractivity contribution in [3.05, 3.63) is 28.2 Å². The number of benzene rings is 1. The van der Waals surface area contributed by atoms with Gasteiger partial charge < -0.3 is 15.2 Å². The van der Waals surface area contributed by atoms with E-state index in [1.165, 1.54) is 0 Å². The third kappa shape index (κ3) is 2.83. The van der Waals surface area contributed by atoms with E-state index in [-0.39, 0.29) is 12.1 Å². The third-order valence-electron chi connectivity index (χ3n) is 3.25. The van der Waals surface area contributed by atoms with Crippen molar-refractivity contribution in [3.63, 3.8) is 0 Å². The Morgan fingerprint density at radius 1 is 1.44 bits per heavy atom. The molecule has 0 aliphatic carbocycles. The van der Waals surface area contributed by atoms with E-state index in [1.54, 1.807) is 6.07 Å². The predicted molar refractivity (Wildman–Crippen MR) is 72.3 cm³/mol. The molecule has 2 N–H and O–H groups in total. The van der Waals surface area contributed by atoms with Crippen LogP contribution in [0, 0.1) is 11.3 Å². The molecule has 1 aromatic rings. The number of aliphatic hydroxyl groups excluding tert-OH is 1. The number of nitrogens with zero attached hydrogens (tertiary/aromatic N) is 1. The highest BCUT2D eigenvalue weighted by atomic mass is 79.9. The first-order valence-electron chi connectivity index (χ1n) is 5.85. The maximum absolute atomic E-state index is 9.62. The first-order chi connectivity index (χ1) is 8.69. The number of nitrogens with one attached hydrogen (secondary N) is 1. The van der Waals surface area contributed by atoms with Crippen LogP contribution in [0.25, 0.3) is 0 Å². The van der Waals surface area contributed by atoms with Gasteiger partial charge in [0.2, 0.25) is 0 Å². The van der Waals surface area contributed by atoms with Gasteiger partial charge in [0.25, 0.3) is 0 Å². The summed E-state index contributed by atoms with van der Waals surface area (Å²) in [6, 6.07) is 7.62. The standard InChI is InChI=1S/C13H15BrN2O2/c14-11-2-1-10(8-15)12(7-11)16-13(9-17)3-5-18-6-4-13/h1-2,7,16-17H,3-6,9H2. The van der Waals surface area contributed by atoms with Crippen molar-refractivity contribution < 1.29 is 9.84 Å². The minimum absolute atomic E-state index is 0.0355. The van der Waals surface area contributed by atoms with Crippen LogP contribution in [-0.4, -0.2) is 30.5 Å². The molecule has 96 valence electrons. The van der Waals surface area contributed by atoms with E-state index >= 15 is 0 Å². The van der Waals surface area contributed by atoms with Crippen molar-refractivity contribution in [2.45, 2.75) is 18.4 Å². The molecule has 18 heavy (non-hydrogen) atoms. The normalized spacial score (nSPS) is 18.1. The molecule has 2 rings (SSSR count). The summed E-state index contributed by atoms with van der Waals surface area (Å²) >= 11 is 3.39. The summed E-state index contributed by atoms with van der Waals surface area (Å²) in [4.78, 5) is 0. The quantitative estimate of drug-likeness (QED) is 0.899. The van der Waals surface area contributed by atoms with Gasteiger partial charge >= 0.3 is 0 Å². The van der Waals surface area contributed by atoms with Crippen LogP contribution in [0.5, 0.6) is 0 Å². The molecule has 0 atom stereocenters. The van der Waals surface area contributed by atoms with Gasteiger partial charge in [-0.3, -0.25) is 0 Å². The van der Waals surface area contributed by atoms with Gasteiger partial charge in [-0.15, -0.1) is 0 Å². The van der Waals surface area contributed by atoms with Gasteiger partial charge in [-0.1, -0.05) is 15.9 Å². The lowest BCUT2D eigenvalue weighted by molar-refractivity contribution is 0.0380. The van der Waals surface area contributed by atoms with Crippen LogP contribution < -0.4 is 5.32 Å². The fourth-order valence-corrected chi connectivity index (χ4v) is 2.45. The number of halogens is 1. The number of aliphatic hydroxyl groups is 1. The Morgan fingerprint density at radius 2 is 2.17 bits per heavy atom. The summed E-state index contributed by atoms with van der Waals surface area (Å²) in [5.74, 6) is 0. The first kappa shape index (κ1) is 13.3. The SMILES string of the molecule is N#Cc1ccc(Br)cc1NC1(CO)CCOCC1. The fourth-order valence-electron chi connectivity index (χ4n) is 2.09. The van der Waals surface area contributed by atoms with Gasteiger partial charge in [0.1, 0.15) is 6.07 Å². The Bertz CT molecular complexity index is 465. The van der Waals surface area contributed by atoms with Gasteiger partial charge in [0.05, 0.1) is 23.4 Å². The zero-order valence-electron chi connectivity index (χ0n) is 9.95. The van der Waals surface area contributed by atoms with E-state index < -0.39 is 0 Å². The lowest BCUT2D eigenvalue weighted by atomic mass is 9.90. The minimum Gasteiger partial charge on any atom is -0.394 e. The van der Waals surface area contributed by atoms with Crippen LogP contribution in [-0.2, 0) is 4.74 Å². The maximum atomic E-state index is 9.62. The lowest BCUT2D eigenvalue weighted by Gasteiger charge is -2.37. The predicted octanol–water partition coefficient (Wildman–Crippen LogP) is 2.27. The molecule has 1 saturated heterocycles. The Balaban J connectivity index is 2.26. The molecule has 0 spiro atoms. The average Bonchev–Trinajstić information content (AvgIpc) is 2.40. The molecule has 0 unspecified atom stereocenters. The van der Waals surface area contributed by atoms with E-state index in [1.807, 2.05) is 12.1 Å². The molecule has 1 aliphatic heterocycles. The van der Waals surface area contributed by atoms with Gasteiger partial charge in [-0.05, 0) is 31.0 Å². The molecule has 1 heterocycles. The number of hydrogen-bond donors (Lipinski definition) is 2. The van der Waals surface area contributed by atoms with Crippen molar-refractivity contribution in [1.29, 1.82) is 5.26 Å². The highest BCUT2D eigenvalue weighted by Gasteiger charge is 2.32. The van der Waals surface area contributed by atoms with Gasteiger partial charge in [0.15, 0.2) is 0 Å². The second-order valence-corrected chi connectivity index (χ2v) is 5.39. The summed E-state index contributed by atoms with van der Waals surface area (Å²) in [6.45, 7) is 1.29. The molecule has 1 fully saturated rings. The van der Waals surface area contributed by atoms with E-state index in [4.69, 9.17) is 10.00 Å². The van der Waals surface area contributed by atoms with Crippen LogP contribution in [0.3, 0.4) is 0 Å². The number of anilines is 1. The van der Waals surface area contributed by atoms with Crippen molar-refractivity contribution in [2.24, 2.45) is 0 Å². The highest BCUT2D eigenvalue weighted by molar-refractivity contribution is 9.10. The van der Waals surface area contributed by atoms with Crippen molar-refractivity contribution in [3.8, 4) is 6.07 Å². The number of hydrogen-bond acceptors (Lipinski definition) is 4. The third-order valence-corrected chi connectivity index (χ3v) is 3.75. The maximum Gasteiger partial charge on any atom is 0.101 e. The Morgan fingerprint density at radius 3 is 2.78 bits per heavy atom. The molecular weight excluding hydrogens is 296 g/mol. The second kappa shape index (κ2) is 5.70. The monoisotopic (exact) mass is 310 g/mol. The topological polar surface area (TPSA) is 65.3 Å². The van der Waals surface area contributed by atoms with Crippen LogP contribution in [0.2, 0.25) is 0 Å².